The molecule has 0 atom stereocenters. The molecule has 0 unspecified atom stereocenters. The molecule has 0 saturated carbocycles. The van der Waals surface area contributed by atoms with Crippen LogP contribution in [-0.4, -0.2) is 35.5 Å². The molecule has 1 aromatic heterocycles. The molecule has 6 heteroatoms. The Hall–Kier alpha value is -1.92. The number of carbonyl (C=O) groups excluding carboxylic acids is 1. The lowest BCUT2D eigenvalue weighted by Crippen LogP contribution is -2.37. The van der Waals surface area contributed by atoms with E-state index in [9.17, 15) is 4.79 Å². The van der Waals surface area contributed by atoms with Crippen LogP contribution in [0.1, 0.15) is 18.1 Å². The molecule has 0 spiro atoms. The van der Waals surface area contributed by atoms with Crippen LogP contribution < -0.4 is 10.1 Å². The van der Waals surface area contributed by atoms with E-state index in [4.69, 9.17) is 4.74 Å². The fraction of sp³-hybridized carbons (Fsp3) is 0.375. The summed E-state index contributed by atoms with van der Waals surface area (Å²) in [5.41, 5.74) is 2.60. The summed E-state index contributed by atoms with van der Waals surface area (Å²) in [4.78, 5) is 18.3. The van der Waals surface area contributed by atoms with E-state index in [2.05, 4.69) is 27.3 Å². The van der Waals surface area contributed by atoms with Crippen molar-refractivity contribution in [1.29, 1.82) is 0 Å². The third kappa shape index (κ3) is 3.64. The van der Waals surface area contributed by atoms with Crippen molar-refractivity contribution in [2.24, 2.45) is 0 Å². The van der Waals surface area contributed by atoms with Crippen LogP contribution >= 0.6 is 11.3 Å². The minimum atomic E-state index is -0.0145. The van der Waals surface area contributed by atoms with Crippen LogP contribution in [0.2, 0.25) is 0 Å². The predicted octanol–water partition coefficient (Wildman–Crippen LogP) is 2.54. The summed E-state index contributed by atoms with van der Waals surface area (Å²) in [7, 11) is 0. The van der Waals surface area contributed by atoms with Crippen molar-refractivity contribution in [2.75, 3.05) is 25.0 Å². The quantitative estimate of drug-likeness (QED) is 0.921. The number of amides is 1. The second-order valence-corrected chi connectivity index (χ2v) is 6.10. The highest BCUT2D eigenvalue weighted by molar-refractivity contribution is 7.13. The zero-order valence-electron chi connectivity index (χ0n) is 12.5. The first kappa shape index (κ1) is 15.0. The smallest absolute Gasteiger partial charge is 0.240 e. The van der Waals surface area contributed by atoms with Crippen LogP contribution in [0.5, 0.6) is 5.75 Å². The molecule has 3 rings (SSSR count). The van der Waals surface area contributed by atoms with Gasteiger partial charge in [-0.25, -0.2) is 4.98 Å². The van der Waals surface area contributed by atoms with Crippen molar-refractivity contribution in [3.63, 3.8) is 0 Å². The molecule has 1 aliphatic heterocycles. The normalized spacial score (nSPS) is 14.4. The molecule has 116 valence electrons. The Kier molecular flexibility index (Phi) is 4.70. The summed E-state index contributed by atoms with van der Waals surface area (Å²) in [6, 6.07) is 6.24. The molecule has 0 saturated heterocycles. The SMILES string of the molecule is CCOc1ccc2c(c1)CN(CC(=O)Nc1nccs1)CC2. The van der Waals surface area contributed by atoms with Gasteiger partial charge in [0.05, 0.1) is 13.2 Å². The number of thiazole rings is 1. The second kappa shape index (κ2) is 6.89. The van der Waals surface area contributed by atoms with Gasteiger partial charge in [0.1, 0.15) is 5.75 Å². The van der Waals surface area contributed by atoms with Crippen molar-refractivity contribution < 1.29 is 9.53 Å². The number of carbonyl (C=O) groups is 1. The number of nitrogens with zero attached hydrogens (tertiary/aromatic N) is 2. The molecule has 1 aromatic carbocycles. The van der Waals surface area contributed by atoms with E-state index >= 15 is 0 Å². The molecule has 0 bridgehead atoms. The van der Waals surface area contributed by atoms with Gasteiger partial charge in [-0.15, -0.1) is 11.3 Å². The highest BCUT2D eigenvalue weighted by Crippen LogP contribution is 2.24. The van der Waals surface area contributed by atoms with Gasteiger partial charge in [0.25, 0.3) is 0 Å². The summed E-state index contributed by atoms with van der Waals surface area (Å²) in [6.45, 7) is 4.71. The minimum absolute atomic E-state index is 0.0145. The highest BCUT2D eigenvalue weighted by Gasteiger charge is 2.19. The maximum Gasteiger partial charge on any atom is 0.240 e. The Morgan fingerprint density at radius 3 is 3.14 bits per heavy atom. The Bertz CT molecular complexity index is 643. The second-order valence-electron chi connectivity index (χ2n) is 5.21. The topological polar surface area (TPSA) is 54.5 Å². The van der Waals surface area contributed by atoms with Crippen molar-refractivity contribution in [3.05, 3.63) is 40.9 Å². The van der Waals surface area contributed by atoms with Gasteiger partial charge in [0.15, 0.2) is 5.13 Å². The molecule has 1 amide bonds. The van der Waals surface area contributed by atoms with Gasteiger partial charge in [-0.3, -0.25) is 9.69 Å². The molecular weight excluding hydrogens is 298 g/mol. The minimum Gasteiger partial charge on any atom is -0.494 e. The molecule has 0 radical (unpaired) electrons. The van der Waals surface area contributed by atoms with Gasteiger partial charge >= 0.3 is 0 Å². The van der Waals surface area contributed by atoms with E-state index in [0.29, 0.717) is 18.3 Å². The Balaban J connectivity index is 1.61. The van der Waals surface area contributed by atoms with Gasteiger partial charge in [-0.2, -0.15) is 0 Å². The monoisotopic (exact) mass is 317 g/mol. The Labute approximate surface area is 133 Å². The van der Waals surface area contributed by atoms with Crippen LogP contribution in [0.25, 0.3) is 0 Å². The fourth-order valence-electron chi connectivity index (χ4n) is 2.63. The fourth-order valence-corrected chi connectivity index (χ4v) is 3.18. The average molecular weight is 317 g/mol. The number of nitrogens with one attached hydrogen (secondary N) is 1. The molecule has 1 N–H and O–H groups in total. The van der Waals surface area contributed by atoms with Gasteiger partial charge < -0.3 is 10.1 Å². The van der Waals surface area contributed by atoms with E-state index < -0.39 is 0 Å². The number of rotatable bonds is 5. The van der Waals surface area contributed by atoms with Crippen LogP contribution in [0.4, 0.5) is 5.13 Å². The zero-order valence-corrected chi connectivity index (χ0v) is 13.4. The maximum atomic E-state index is 12.0. The van der Waals surface area contributed by atoms with Crippen molar-refractivity contribution in [3.8, 4) is 5.75 Å². The van der Waals surface area contributed by atoms with Crippen LogP contribution in [0.15, 0.2) is 29.8 Å². The third-order valence-corrected chi connectivity index (χ3v) is 4.31. The lowest BCUT2D eigenvalue weighted by molar-refractivity contribution is -0.117. The van der Waals surface area contributed by atoms with Gasteiger partial charge in [0, 0.05) is 24.7 Å². The Morgan fingerprint density at radius 2 is 2.36 bits per heavy atom. The van der Waals surface area contributed by atoms with E-state index in [1.807, 2.05) is 18.4 Å². The first-order valence-electron chi connectivity index (χ1n) is 7.41. The number of benzene rings is 1. The lowest BCUT2D eigenvalue weighted by Gasteiger charge is -2.28. The summed E-state index contributed by atoms with van der Waals surface area (Å²) in [5, 5.41) is 5.33. The number of hydrogen-bond donors (Lipinski definition) is 1. The van der Waals surface area contributed by atoms with Gasteiger partial charge in [-0.1, -0.05) is 6.07 Å². The molecule has 0 fully saturated rings. The van der Waals surface area contributed by atoms with E-state index in [1.165, 1.54) is 22.5 Å². The molecule has 2 aromatic rings. The average Bonchev–Trinajstić information content (AvgIpc) is 3.00. The largest absolute Gasteiger partial charge is 0.494 e. The van der Waals surface area contributed by atoms with Crippen molar-refractivity contribution in [2.45, 2.75) is 19.9 Å². The highest BCUT2D eigenvalue weighted by atomic mass is 32.1. The molecule has 22 heavy (non-hydrogen) atoms. The number of fused-ring (bicyclic) bond motifs is 1. The summed E-state index contributed by atoms with van der Waals surface area (Å²) >= 11 is 1.43. The first-order valence-corrected chi connectivity index (χ1v) is 8.29. The summed E-state index contributed by atoms with van der Waals surface area (Å²) < 4.78 is 5.55. The summed E-state index contributed by atoms with van der Waals surface area (Å²) in [5.74, 6) is 0.884. The van der Waals surface area contributed by atoms with E-state index in [-0.39, 0.29) is 5.91 Å². The lowest BCUT2D eigenvalue weighted by atomic mass is 9.99. The standard InChI is InChI=1S/C16H19N3O2S/c1-2-21-14-4-3-12-5-7-19(10-13(12)9-14)11-15(20)18-16-17-6-8-22-16/h3-4,6,8-9H,2,5,7,10-11H2,1H3,(H,17,18,20). The molecule has 5 nitrogen and oxygen atoms in total. The number of ether oxygens (including phenoxy) is 1. The van der Waals surface area contributed by atoms with Gasteiger partial charge in [-0.05, 0) is 36.6 Å². The molecule has 1 aliphatic rings. The van der Waals surface area contributed by atoms with Crippen molar-refractivity contribution in [1.82, 2.24) is 9.88 Å². The summed E-state index contributed by atoms with van der Waals surface area (Å²) in [6.07, 6.45) is 2.65. The van der Waals surface area contributed by atoms with Crippen LogP contribution in [-0.2, 0) is 17.8 Å². The molecule has 2 heterocycles. The number of hydrogen-bond acceptors (Lipinski definition) is 5. The zero-order chi connectivity index (χ0) is 15.4. The molecular formula is C16H19N3O2S. The number of aromatic nitrogens is 1. The third-order valence-electron chi connectivity index (χ3n) is 3.63. The number of anilines is 1. The molecule has 0 aliphatic carbocycles. The maximum absolute atomic E-state index is 12.0. The first-order chi connectivity index (χ1) is 10.7. The van der Waals surface area contributed by atoms with Gasteiger partial charge in [0.2, 0.25) is 5.91 Å². The van der Waals surface area contributed by atoms with Crippen LogP contribution in [0, 0.1) is 0 Å². The van der Waals surface area contributed by atoms with Crippen molar-refractivity contribution >= 4 is 22.4 Å². The van der Waals surface area contributed by atoms with E-state index in [1.54, 1.807) is 6.20 Å². The van der Waals surface area contributed by atoms with E-state index in [0.717, 1.165) is 25.3 Å². The Morgan fingerprint density at radius 1 is 1.45 bits per heavy atom. The predicted molar refractivity (Wildman–Crippen MR) is 87.3 cm³/mol. The van der Waals surface area contributed by atoms with Crippen LogP contribution in [0.3, 0.4) is 0 Å².